The first kappa shape index (κ1) is 103. The second-order valence-corrected chi connectivity index (χ2v) is 30.6. The third-order valence-corrected chi connectivity index (χ3v) is 19.2. The van der Waals surface area contributed by atoms with Crippen molar-refractivity contribution in [3.8, 4) is 0 Å². The molecule has 0 amide bonds. The zero-order chi connectivity index (χ0) is 78.9. The summed E-state index contributed by atoms with van der Waals surface area (Å²) in [7, 11) is -9.99. The normalized spacial score (nSPS) is 14.5. The van der Waals surface area contributed by atoms with E-state index >= 15 is 0 Å². The summed E-state index contributed by atoms with van der Waals surface area (Å²) in [6, 6.07) is 0. The van der Waals surface area contributed by atoms with Crippen LogP contribution in [0.3, 0.4) is 0 Å². The van der Waals surface area contributed by atoms with Gasteiger partial charge in [0.05, 0.1) is 26.4 Å². The van der Waals surface area contributed by atoms with Crippen LogP contribution in [0.4, 0.5) is 0 Å². The topological polar surface area (TPSA) is 237 Å². The van der Waals surface area contributed by atoms with E-state index in [4.69, 9.17) is 37.0 Å². The van der Waals surface area contributed by atoms with E-state index in [9.17, 15) is 43.2 Å². The van der Waals surface area contributed by atoms with Gasteiger partial charge in [0.25, 0.3) is 0 Å². The number of phosphoric acid groups is 2. The summed E-state index contributed by atoms with van der Waals surface area (Å²) in [4.78, 5) is 73.2. The Kier molecular flexibility index (Phi) is 76.3. The number of rotatable bonds is 78. The number of aliphatic hydroxyl groups excluding tert-OH is 1. The van der Waals surface area contributed by atoms with Gasteiger partial charge >= 0.3 is 39.5 Å². The van der Waals surface area contributed by atoms with Crippen LogP contribution in [0, 0.1) is 0 Å². The second kappa shape index (κ2) is 80.0. The molecular weight excluding hydrogens is 1400 g/mol. The van der Waals surface area contributed by atoms with Crippen LogP contribution in [-0.2, 0) is 65.4 Å². The van der Waals surface area contributed by atoms with E-state index in [1.807, 2.05) is 0 Å². The van der Waals surface area contributed by atoms with Crippen LogP contribution in [-0.4, -0.2) is 96.7 Å². The number of esters is 4. The molecule has 108 heavy (non-hydrogen) atoms. The molecule has 0 spiro atoms. The van der Waals surface area contributed by atoms with E-state index in [0.717, 1.165) is 186 Å². The Bertz CT molecular complexity index is 2610. The van der Waals surface area contributed by atoms with Crippen molar-refractivity contribution < 1.29 is 80.2 Å². The number of hydrogen-bond acceptors (Lipinski definition) is 15. The molecule has 0 saturated heterocycles. The summed E-state index contributed by atoms with van der Waals surface area (Å²) in [5.74, 6) is -2.25. The van der Waals surface area contributed by atoms with Crippen molar-refractivity contribution in [2.75, 3.05) is 39.6 Å². The fourth-order valence-corrected chi connectivity index (χ4v) is 12.5. The number of carbonyl (C=O) groups excluding carboxylic acids is 4. The minimum atomic E-state index is -5.00. The van der Waals surface area contributed by atoms with Crippen LogP contribution in [0.5, 0.6) is 0 Å². The highest BCUT2D eigenvalue weighted by molar-refractivity contribution is 7.47. The lowest BCUT2D eigenvalue weighted by Crippen LogP contribution is -2.30. The lowest BCUT2D eigenvalue weighted by Gasteiger charge is -2.21. The number of carbonyl (C=O) groups is 4. The molecule has 0 saturated carbocycles. The minimum Gasteiger partial charge on any atom is -0.462 e. The lowest BCUT2D eigenvalue weighted by atomic mass is 10.0. The zero-order valence-corrected chi connectivity index (χ0v) is 69.5. The molecule has 3 N–H and O–H groups in total. The van der Waals surface area contributed by atoms with E-state index in [1.54, 1.807) is 0 Å². The lowest BCUT2D eigenvalue weighted by molar-refractivity contribution is -0.161. The summed E-state index contributed by atoms with van der Waals surface area (Å²) in [5.41, 5.74) is 0. The van der Waals surface area contributed by atoms with Gasteiger partial charge in [-0.2, -0.15) is 0 Å². The van der Waals surface area contributed by atoms with Crippen LogP contribution in [0.2, 0.25) is 0 Å². The molecule has 0 radical (unpaired) electrons. The number of allylic oxidation sites excluding steroid dienone is 24. The molecule has 0 aromatic carbocycles. The van der Waals surface area contributed by atoms with Crippen molar-refractivity contribution in [2.24, 2.45) is 0 Å². The van der Waals surface area contributed by atoms with Crippen molar-refractivity contribution in [1.29, 1.82) is 0 Å². The van der Waals surface area contributed by atoms with Crippen molar-refractivity contribution in [2.45, 2.75) is 354 Å². The Hall–Kier alpha value is -5.06. The van der Waals surface area contributed by atoms with Gasteiger partial charge < -0.3 is 33.8 Å². The summed E-state index contributed by atoms with van der Waals surface area (Å²) in [5, 5.41) is 10.7. The summed E-state index contributed by atoms with van der Waals surface area (Å²) in [6.45, 7) is 4.57. The molecule has 0 aliphatic carbocycles. The number of unbranched alkanes of at least 4 members (excludes halogenated alkanes) is 28. The van der Waals surface area contributed by atoms with Crippen LogP contribution in [0.25, 0.3) is 0 Å². The first-order valence-corrected chi connectivity index (χ1v) is 45.1. The Morgan fingerprint density at radius 2 is 0.481 bits per heavy atom. The molecule has 0 aromatic heterocycles. The molecule has 19 heteroatoms. The van der Waals surface area contributed by atoms with E-state index in [1.165, 1.54) is 70.6 Å². The monoisotopic (exact) mass is 1550 g/mol. The third-order valence-electron chi connectivity index (χ3n) is 17.3. The molecule has 0 rings (SSSR count). The molecule has 618 valence electrons. The Morgan fingerprint density at radius 1 is 0.269 bits per heavy atom. The summed E-state index contributed by atoms with van der Waals surface area (Å²) < 4.78 is 68.7. The largest absolute Gasteiger partial charge is 0.472 e. The molecule has 17 nitrogen and oxygen atoms in total. The predicted molar refractivity (Wildman–Crippen MR) is 445 cm³/mol. The molecule has 5 unspecified atom stereocenters. The first-order valence-electron chi connectivity index (χ1n) is 42.1. The average Bonchev–Trinajstić information content (AvgIpc) is 0.892. The van der Waals surface area contributed by atoms with Gasteiger partial charge in [0.2, 0.25) is 0 Å². The molecule has 0 aliphatic heterocycles. The van der Waals surface area contributed by atoms with Crippen LogP contribution in [0.15, 0.2) is 146 Å². The fourth-order valence-electron chi connectivity index (χ4n) is 11.0. The van der Waals surface area contributed by atoms with Crippen LogP contribution < -0.4 is 0 Å². The van der Waals surface area contributed by atoms with Gasteiger partial charge in [-0.3, -0.25) is 37.3 Å². The summed E-state index contributed by atoms with van der Waals surface area (Å²) >= 11 is 0. The van der Waals surface area contributed by atoms with E-state index in [0.29, 0.717) is 25.7 Å². The van der Waals surface area contributed by atoms with Crippen LogP contribution in [0.1, 0.15) is 336 Å². The molecule has 0 aliphatic rings. The van der Waals surface area contributed by atoms with Gasteiger partial charge in [-0.25, -0.2) is 9.13 Å². The maximum atomic E-state index is 13.1. The van der Waals surface area contributed by atoms with Crippen molar-refractivity contribution in [3.63, 3.8) is 0 Å². The molecule has 0 aromatic rings. The smallest absolute Gasteiger partial charge is 0.462 e. The van der Waals surface area contributed by atoms with Crippen molar-refractivity contribution in [1.82, 2.24) is 0 Å². The minimum absolute atomic E-state index is 0.0687. The van der Waals surface area contributed by atoms with E-state index in [2.05, 4.69) is 174 Å². The Labute approximate surface area is 656 Å². The molecule has 5 atom stereocenters. The maximum Gasteiger partial charge on any atom is 0.472 e. The number of ether oxygens (including phenoxy) is 4. The zero-order valence-electron chi connectivity index (χ0n) is 67.7. The van der Waals surface area contributed by atoms with E-state index < -0.39 is 97.5 Å². The average molecular weight is 1550 g/mol. The van der Waals surface area contributed by atoms with Crippen LogP contribution >= 0.6 is 15.6 Å². The highest BCUT2D eigenvalue weighted by Gasteiger charge is 2.30. The molecule has 0 bridgehead atoms. The number of phosphoric ester groups is 2. The maximum absolute atomic E-state index is 13.1. The first-order chi connectivity index (χ1) is 52.7. The summed E-state index contributed by atoms with van der Waals surface area (Å²) in [6.07, 6.45) is 92.4. The number of hydrogen-bond donors (Lipinski definition) is 3. The SMILES string of the molecule is CC/C=C\C/C=C\C/C=C\C/C=C\C/C=C\CCCCCC(=O)OCC(COP(=O)(O)OCC(O)COP(=O)(O)OCC(COC(=O)CCCCCC/C=C\C/C=C\C/C=C\C/C=C\CC)OC(=O)CCCCCCCCCCCCCCC)OC(=O)CCCCCCCC/C=C\C/C=C\C/C=C\CCCCC. The van der Waals surface area contributed by atoms with Gasteiger partial charge in [0, 0.05) is 25.7 Å². The van der Waals surface area contributed by atoms with Crippen molar-refractivity contribution >= 4 is 39.5 Å². The molecule has 0 fully saturated rings. The highest BCUT2D eigenvalue weighted by atomic mass is 31.2. The predicted octanol–water partition coefficient (Wildman–Crippen LogP) is 25.0. The molecule has 0 heterocycles. The Morgan fingerprint density at radius 3 is 0.769 bits per heavy atom. The van der Waals surface area contributed by atoms with Gasteiger partial charge in [-0.15, -0.1) is 0 Å². The highest BCUT2D eigenvalue weighted by Crippen LogP contribution is 2.45. The quantitative estimate of drug-likeness (QED) is 0.0169. The van der Waals surface area contributed by atoms with Gasteiger partial charge in [0.15, 0.2) is 12.2 Å². The second-order valence-electron chi connectivity index (χ2n) is 27.7. The van der Waals surface area contributed by atoms with Gasteiger partial charge in [-0.1, -0.05) is 308 Å². The number of aliphatic hydroxyl groups is 1. The van der Waals surface area contributed by atoms with Gasteiger partial charge in [0.1, 0.15) is 19.3 Å². The standard InChI is InChI=1S/C89H150O17P2/c1-5-9-13-17-21-25-29-33-36-39-41-44-47-51-54-58-62-66-70-74-87(92)100-80-85(106-89(94)76-72-68-64-60-56-52-48-45-42-40-37-34-30-26-22-18-14-10-6-2)82-104-108(97,98)102-78-83(90)77-101-107(95,96)103-81-84(105-88(93)75-71-67-63-59-55-49-32-28-24-20-16-12-8-4)79-99-86(91)73-69-65-61-57-53-50-46-43-38-35-31-27-23-19-15-11-7-3/h9,11,13,15,21-23,25-27,33-38,41-42,44-46,50-51,54,83-85,90H,5-8,10,12,14,16-20,24,28-32,39-40,43,47-49,52-53,55-82H2,1-4H3,(H,95,96)(H,97,98)/b13-9-,15-11-,25-21-,26-22-,27-23-,36-33-,37-34-,38-35-,44-41-,45-42-,50-46-,54-51-. The van der Waals surface area contributed by atoms with E-state index in [-0.39, 0.29) is 25.7 Å². The Balaban J connectivity index is 5.43. The fraction of sp³-hybridized carbons (Fsp3) is 0.685. The van der Waals surface area contributed by atoms with Crippen molar-refractivity contribution in [3.05, 3.63) is 146 Å². The van der Waals surface area contributed by atoms with Gasteiger partial charge in [-0.05, 0) is 148 Å². The molecular formula is C89H150O17P2. The third kappa shape index (κ3) is 79.0.